The van der Waals surface area contributed by atoms with Gasteiger partial charge >= 0.3 is 0 Å². The molecular weight excluding hydrogens is 216 g/mol. The molecule has 1 aromatic heterocycles. The molecule has 0 fully saturated rings. The van der Waals surface area contributed by atoms with Crippen molar-refractivity contribution in [3.63, 3.8) is 0 Å². The Kier molecular flexibility index (Phi) is 5.69. The predicted octanol–water partition coefficient (Wildman–Crippen LogP) is 1.58. The van der Waals surface area contributed by atoms with Crippen LogP contribution in [0.3, 0.4) is 0 Å². The SMILES string of the molecule is CCCC(CCO)CNc1cc(N)nc(C)n1. The van der Waals surface area contributed by atoms with E-state index in [2.05, 4.69) is 22.2 Å². The summed E-state index contributed by atoms with van der Waals surface area (Å²) in [5.74, 6) is 2.38. The molecule has 0 aliphatic rings. The number of nitrogen functional groups attached to an aromatic ring is 1. The van der Waals surface area contributed by atoms with Crippen molar-refractivity contribution in [3.05, 3.63) is 11.9 Å². The summed E-state index contributed by atoms with van der Waals surface area (Å²) in [5.41, 5.74) is 5.65. The molecule has 1 heterocycles. The zero-order chi connectivity index (χ0) is 12.7. The lowest BCUT2D eigenvalue weighted by atomic mass is 10.0. The molecule has 4 N–H and O–H groups in total. The Labute approximate surface area is 102 Å². The van der Waals surface area contributed by atoms with E-state index in [1.165, 1.54) is 0 Å². The number of nitrogens with two attached hydrogens (primary N) is 1. The molecular formula is C12H22N4O. The van der Waals surface area contributed by atoms with Crippen LogP contribution in [0.25, 0.3) is 0 Å². The summed E-state index contributed by atoms with van der Waals surface area (Å²) < 4.78 is 0. The summed E-state index contributed by atoms with van der Waals surface area (Å²) in [6, 6.07) is 1.73. The van der Waals surface area contributed by atoms with Gasteiger partial charge in [0.25, 0.3) is 0 Å². The number of nitrogens with one attached hydrogen (secondary N) is 1. The second-order valence-corrected chi connectivity index (χ2v) is 4.27. The number of rotatable bonds is 7. The molecule has 0 spiro atoms. The third kappa shape index (κ3) is 4.99. The van der Waals surface area contributed by atoms with Gasteiger partial charge in [0.05, 0.1) is 0 Å². The zero-order valence-electron chi connectivity index (χ0n) is 10.6. The number of hydrogen-bond acceptors (Lipinski definition) is 5. The fourth-order valence-electron chi connectivity index (χ4n) is 1.87. The highest BCUT2D eigenvalue weighted by Crippen LogP contribution is 2.13. The van der Waals surface area contributed by atoms with Gasteiger partial charge in [-0.1, -0.05) is 13.3 Å². The summed E-state index contributed by atoms with van der Waals surface area (Å²) in [6.07, 6.45) is 3.05. The van der Waals surface area contributed by atoms with Gasteiger partial charge in [0.15, 0.2) is 0 Å². The Bertz CT molecular complexity index is 317. The molecule has 0 amide bonds. The van der Waals surface area contributed by atoms with Crippen molar-refractivity contribution in [2.24, 2.45) is 5.92 Å². The summed E-state index contributed by atoms with van der Waals surface area (Å²) in [4.78, 5) is 8.28. The third-order valence-electron chi connectivity index (χ3n) is 2.66. The van der Waals surface area contributed by atoms with E-state index in [0.29, 0.717) is 17.6 Å². The van der Waals surface area contributed by atoms with E-state index in [0.717, 1.165) is 31.6 Å². The minimum atomic E-state index is 0.233. The van der Waals surface area contributed by atoms with Crippen LogP contribution < -0.4 is 11.1 Å². The van der Waals surface area contributed by atoms with Crippen LogP contribution in [0.1, 0.15) is 32.0 Å². The average Bonchev–Trinajstić information content (AvgIpc) is 2.25. The van der Waals surface area contributed by atoms with Crippen LogP contribution >= 0.6 is 0 Å². The Morgan fingerprint density at radius 1 is 1.41 bits per heavy atom. The highest BCUT2D eigenvalue weighted by Gasteiger charge is 2.07. The number of hydrogen-bond donors (Lipinski definition) is 3. The van der Waals surface area contributed by atoms with Crippen molar-refractivity contribution in [1.29, 1.82) is 0 Å². The lowest BCUT2D eigenvalue weighted by Crippen LogP contribution is -2.16. The van der Waals surface area contributed by atoms with E-state index in [-0.39, 0.29) is 6.61 Å². The number of aromatic nitrogens is 2. The molecule has 1 rings (SSSR count). The molecule has 1 aromatic rings. The molecule has 96 valence electrons. The second-order valence-electron chi connectivity index (χ2n) is 4.27. The number of aliphatic hydroxyl groups excluding tert-OH is 1. The van der Waals surface area contributed by atoms with Gasteiger partial charge in [-0.05, 0) is 25.7 Å². The van der Waals surface area contributed by atoms with E-state index in [4.69, 9.17) is 10.8 Å². The largest absolute Gasteiger partial charge is 0.396 e. The number of nitrogens with zero attached hydrogens (tertiary/aromatic N) is 2. The summed E-state index contributed by atoms with van der Waals surface area (Å²) >= 11 is 0. The van der Waals surface area contributed by atoms with Gasteiger partial charge in [0, 0.05) is 19.2 Å². The quantitative estimate of drug-likeness (QED) is 0.671. The van der Waals surface area contributed by atoms with Crippen molar-refractivity contribution in [3.8, 4) is 0 Å². The van der Waals surface area contributed by atoms with Gasteiger partial charge in [-0.15, -0.1) is 0 Å². The predicted molar refractivity (Wildman–Crippen MR) is 69.8 cm³/mol. The summed E-state index contributed by atoms with van der Waals surface area (Å²) in [6.45, 7) is 5.01. The van der Waals surface area contributed by atoms with Crippen molar-refractivity contribution >= 4 is 11.6 Å². The van der Waals surface area contributed by atoms with E-state index < -0.39 is 0 Å². The minimum Gasteiger partial charge on any atom is -0.396 e. The smallest absolute Gasteiger partial charge is 0.131 e. The average molecular weight is 238 g/mol. The van der Waals surface area contributed by atoms with Crippen LogP contribution in [-0.4, -0.2) is 28.2 Å². The Balaban J connectivity index is 2.52. The molecule has 0 aliphatic heterocycles. The molecule has 17 heavy (non-hydrogen) atoms. The maximum atomic E-state index is 8.98. The molecule has 5 heteroatoms. The first-order valence-corrected chi connectivity index (χ1v) is 6.11. The van der Waals surface area contributed by atoms with Crippen molar-refractivity contribution in [2.75, 3.05) is 24.2 Å². The Morgan fingerprint density at radius 3 is 2.76 bits per heavy atom. The number of aryl methyl sites for hydroxylation is 1. The molecule has 0 aliphatic carbocycles. The maximum Gasteiger partial charge on any atom is 0.131 e. The molecule has 0 saturated heterocycles. The van der Waals surface area contributed by atoms with Crippen LogP contribution in [0.5, 0.6) is 0 Å². The van der Waals surface area contributed by atoms with Gasteiger partial charge in [-0.25, -0.2) is 9.97 Å². The topological polar surface area (TPSA) is 84.1 Å². The molecule has 0 radical (unpaired) electrons. The van der Waals surface area contributed by atoms with Crippen molar-refractivity contribution in [2.45, 2.75) is 33.1 Å². The molecule has 1 atom stereocenters. The highest BCUT2D eigenvalue weighted by atomic mass is 16.3. The minimum absolute atomic E-state index is 0.233. The molecule has 0 bridgehead atoms. The third-order valence-corrected chi connectivity index (χ3v) is 2.66. The highest BCUT2D eigenvalue weighted by molar-refractivity contribution is 5.44. The first kappa shape index (κ1) is 13.7. The van der Waals surface area contributed by atoms with Crippen LogP contribution in [0.15, 0.2) is 6.07 Å². The van der Waals surface area contributed by atoms with E-state index in [1.807, 2.05) is 6.92 Å². The lowest BCUT2D eigenvalue weighted by Gasteiger charge is -2.16. The monoisotopic (exact) mass is 238 g/mol. The van der Waals surface area contributed by atoms with Gasteiger partial charge in [0.1, 0.15) is 17.5 Å². The first-order chi connectivity index (χ1) is 8.15. The van der Waals surface area contributed by atoms with Gasteiger partial charge < -0.3 is 16.2 Å². The van der Waals surface area contributed by atoms with E-state index in [9.17, 15) is 0 Å². The van der Waals surface area contributed by atoms with Gasteiger partial charge in [0.2, 0.25) is 0 Å². The first-order valence-electron chi connectivity index (χ1n) is 6.11. The molecule has 5 nitrogen and oxygen atoms in total. The van der Waals surface area contributed by atoms with E-state index in [1.54, 1.807) is 6.07 Å². The van der Waals surface area contributed by atoms with Crippen LogP contribution in [0.4, 0.5) is 11.6 Å². The van der Waals surface area contributed by atoms with Gasteiger partial charge in [-0.3, -0.25) is 0 Å². The fourth-order valence-corrected chi connectivity index (χ4v) is 1.87. The van der Waals surface area contributed by atoms with Crippen molar-refractivity contribution < 1.29 is 5.11 Å². The van der Waals surface area contributed by atoms with Crippen LogP contribution in [-0.2, 0) is 0 Å². The second kappa shape index (κ2) is 7.06. The van der Waals surface area contributed by atoms with Crippen molar-refractivity contribution in [1.82, 2.24) is 9.97 Å². The van der Waals surface area contributed by atoms with Crippen LogP contribution in [0.2, 0.25) is 0 Å². The lowest BCUT2D eigenvalue weighted by molar-refractivity contribution is 0.255. The number of anilines is 2. The van der Waals surface area contributed by atoms with E-state index >= 15 is 0 Å². The standard InChI is InChI=1S/C12H22N4O/c1-3-4-10(5-6-17)8-14-12-7-11(13)15-9(2)16-12/h7,10,17H,3-6,8H2,1-2H3,(H3,13,14,15,16). The summed E-state index contributed by atoms with van der Waals surface area (Å²) in [7, 11) is 0. The molecule has 0 aromatic carbocycles. The molecule has 0 saturated carbocycles. The fraction of sp³-hybridized carbons (Fsp3) is 0.667. The van der Waals surface area contributed by atoms with Gasteiger partial charge in [-0.2, -0.15) is 0 Å². The maximum absolute atomic E-state index is 8.98. The Hall–Kier alpha value is -1.36. The van der Waals surface area contributed by atoms with Crippen LogP contribution in [0, 0.1) is 12.8 Å². The summed E-state index contributed by atoms with van der Waals surface area (Å²) in [5, 5.41) is 12.2. The zero-order valence-corrected chi connectivity index (χ0v) is 10.6. The molecule has 1 unspecified atom stereocenters. The Morgan fingerprint density at radius 2 is 2.18 bits per heavy atom. The number of aliphatic hydroxyl groups is 1. The normalized spacial score (nSPS) is 12.4.